The van der Waals surface area contributed by atoms with E-state index in [1.54, 1.807) is 0 Å². The minimum Gasteiger partial charge on any atom is -0.456 e. The van der Waals surface area contributed by atoms with Crippen molar-refractivity contribution in [3.8, 4) is 0 Å². The predicted octanol–water partition coefficient (Wildman–Crippen LogP) is 14.7. The third-order valence-corrected chi connectivity index (χ3v) is 10.6. The third-order valence-electron chi connectivity index (χ3n) is 10.6. The van der Waals surface area contributed by atoms with Crippen LogP contribution in [0.2, 0.25) is 0 Å². The molecule has 0 aliphatic rings. The van der Waals surface area contributed by atoms with Crippen LogP contribution in [-0.2, 0) is 0 Å². The lowest BCUT2D eigenvalue weighted by molar-refractivity contribution is 0.668. The quantitative estimate of drug-likeness (QED) is 0.162. The second-order valence-electron chi connectivity index (χ2n) is 13.7. The number of furan rings is 2. The Morgan fingerprint density at radius 3 is 1.39 bits per heavy atom. The second-order valence-corrected chi connectivity index (χ2v) is 13.7. The van der Waals surface area contributed by atoms with E-state index >= 15 is 0 Å². The highest BCUT2D eigenvalue weighted by Gasteiger charge is 2.23. The first-order chi connectivity index (χ1) is 26.8. The Morgan fingerprint density at radius 1 is 0.278 bits per heavy atom. The average Bonchev–Trinajstić information content (AvgIpc) is 3.80. The molecule has 0 aliphatic heterocycles. The van der Waals surface area contributed by atoms with Gasteiger partial charge < -0.3 is 18.6 Å². The topological polar surface area (TPSA) is 32.8 Å². The number of hydrogen-bond acceptors (Lipinski definition) is 4. The van der Waals surface area contributed by atoms with Gasteiger partial charge in [-0.15, -0.1) is 0 Å². The lowest BCUT2D eigenvalue weighted by atomic mass is 9.97. The molecule has 4 nitrogen and oxygen atoms in total. The number of benzene rings is 9. The molecular formula is C50H32N2O2. The van der Waals surface area contributed by atoms with E-state index in [-0.39, 0.29) is 0 Å². The van der Waals surface area contributed by atoms with Gasteiger partial charge in [0.1, 0.15) is 22.3 Å². The molecule has 0 aliphatic carbocycles. The fourth-order valence-corrected chi connectivity index (χ4v) is 8.15. The highest BCUT2D eigenvalue weighted by atomic mass is 16.3. The van der Waals surface area contributed by atoms with Crippen molar-refractivity contribution >= 4 is 99.5 Å². The molecular weight excluding hydrogens is 661 g/mol. The maximum atomic E-state index is 6.29. The van der Waals surface area contributed by atoms with E-state index in [2.05, 4.69) is 180 Å². The molecule has 11 aromatic rings. The molecule has 11 rings (SSSR count). The van der Waals surface area contributed by atoms with Crippen molar-refractivity contribution in [2.75, 3.05) is 9.80 Å². The minimum atomic E-state index is 0.870. The predicted molar refractivity (Wildman–Crippen MR) is 225 cm³/mol. The van der Waals surface area contributed by atoms with Crippen molar-refractivity contribution in [1.82, 2.24) is 0 Å². The van der Waals surface area contributed by atoms with Crippen LogP contribution in [0.15, 0.2) is 203 Å². The van der Waals surface area contributed by atoms with Gasteiger partial charge in [0.25, 0.3) is 0 Å². The number of hydrogen-bond donors (Lipinski definition) is 0. The molecule has 0 unspecified atom stereocenters. The van der Waals surface area contributed by atoms with Gasteiger partial charge in [-0.05, 0) is 101 Å². The zero-order chi connectivity index (χ0) is 35.6. The van der Waals surface area contributed by atoms with Crippen LogP contribution in [0.25, 0.3) is 65.4 Å². The summed E-state index contributed by atoms with van der Waals surface area (Å²) >= 11 is 0. The third kappa shape index (κ3) is 4.85. The van der Waals surface area contributed by atoms with Crippen LogP contribution < -0.4 is 9.80 Å². The fraction of sp³-hybridized carbons (Fsp3) is 0. The summed E-state index contributed by atoms with van der Waals surface area (Å²) in [5.41, 5.74) is 9.85. The van der Waals surface area contributed by atoms with Gasteiger partial charge in [0.15, 0.2) is 0 Å². The first-order valence-corrected chi connectivity index (χ1v) is 18.3. The summed E-state index contributed by atoms with van der Waals surface area (Å²) < 4.78 is 12.6. The van der Waals surface area contributed by atoms with Crippen molar-refractivity contribution in [1.29, 1.82) is 0 Å². The lowest BCUT2D eigenvalue weighted by Gasteiger charge is -2.31. The molecule has 0 fully saturated rings. The molecule has 2 aromatic heterocycles. The van der Waals surface area contributed by atoms with Gasteiger partial charge in [0.2, 0.25) is 0 Å². The van der Waals surface area contributed by atoms with Crippen LogP contribution in [0.4, 0.5) is 34.1 Å². The molecule has 0 amide bonds. The van der Waals surface area contributed by atoms with E-state index in [4.69, 9.17) is 8.83 Å². The largest absolute Gasteiger partial charge is 0.456 e. The molecule has 0 saturated carbocycles. The number of nitrogens with zero attached hydrogens (tertiary/aromatic N) is 2. The molecule has 4 heteroatoms. The molecule has 0 bridgehead atoms. The number of rotatable bonds is 6. The fourth-order valence-electron chi connectivity index (χ4n) is 8.15. The van der Waals surface area contributed by atoms with Crippen molar-refractivity contribution in [3.05, 3.63) is 194 Å². The molecule has 0 spiro atoms. The van der Waals surface area contributed by atoms with E-state index in [0.717, 1.165) is 83.4 Å². The van der Waals surface area contributed by atoms with Crippen molar-refractivity contribution in [2.45, 2.75) is 0 Å². The van der Waals surface area contributed by atoms with Gasteiger partial charge >= 0.3 is 0 Å². The summed E-state index contributed by atoms with van der Waals surface area (Å²) in [6.45, 7) is 0. The zero-order valence-electron chi connectivity index (χ0n) is 29.2. The van der Waals surface area contributed by atoms with E-state index in [1.807, 2.05) is 24.3 Å². The summed E-state index contributed by atoms with van der Waals surface area (Å²) in [6, 6.07) is 68.7. The zero-order valence-corrected chi connectivity index (χ0v) is 29.2. The molecule has 2 heterocycles. The summed E-state index contributed by atoms with van der Waals surface area (Å²) in [5, 5.41) is 9.10. The molecule has 0 atom stereocenters. The van der Waals surface area contributed by atoms with E-state index in [0.29, 0.717) is 0 Å². The molecule has 9 aromatic carbocycles. The van der Waals surface area contributed by atoms with Crippen LogP contribution in [0.5, 0.6) is 0 Å². The Bertz CT molecular complexity index is 3180. The van der Waals surface area contributed by atoms with Gasteiger partial charge in [-0.1, -0.05) is 109 Å². The summed E-state index contributed by atoms with van der Waals surface area (Å²) in [5.74, 6) is 0. The van der Waals surface area contributed by atoms with Crippen LogP contribution in [-0.4, -0.2) is 0 Å². The number of para-hydroxylation sites is 4. The monoisotopic (exact) mass is 692 g/mol. The smallest absolute Gasteiger partial charge is 0.135 e. The number of fused-ring (bicyclic) bond motifs is 9. The minimum absolute atomic E-state index is 0.870. The van der Waals surface area contributed by atoms with Gasteiger partial charge in [-0.25, -0.2) is 0 Å². The van der Waals surface area contributed by atoms with Crippen LogP contribution in [0.1, 0.15) is 0 Å². The molecule has 0 radical (unpaired) electrons. The van der Waals surface area contributed by atoms with Crippen molar-refractivity contribution in [3.63, 3.8) is 0 Å². The van der Waals surface area contributed by atoms with Crippen LogP contribution >= 0.6 is 0 Å². The number of anilines is 6. The maximum Gasteiger partial charge on any atom is 0.135 e. The Labute approximate surface area is 311 Å². The Balaban J connectivity index is 1.22. The highest BCUT2D eigenvalue weighted by Crippen LogP contribution is 2.48. The van der Waals surface area contributed by atoms with Crippen molar-refractivity contribution < 1.29 is 8.83 Å². The van der Waals surface area contributed by atoms with Gasteiger partial charge in [-0.3, -0.25) is 0 Å². The molecule has 0 N–H and O–H groups in total. The van der Waals surface area contributed by atoms with Gasteiger partial charge in [0, 0.05) is 55.4 Å². The average molecular weight is 693 g/mol. The summed E-state index contributed by atoms with van der Waals surface area (Å²) in [7, 11) is 0. The lowest BCUT2D eigenvalue weighted by Crippen LogP contribution is -2.14. The molecule has 54 heavy (non-hydrogen) atoms. The normalized spacial score (nSPS) is 11.7. The summed E-state index contributed by atoms with van der Waals surface area (Å²) in [4.78, 5) is 4.75. The molecule has 0 saturated heterocycles. The van der Waals surface area contributed by atoms with Crippen LogP contribution in [0.3, 0.4) is 0 Å². The Hall–Kier alpha value is -7.30. The standard InChI is InChI=1S/C50H32N2O2/c1-3-14-35(15-4-1)51(37-25-27-48-43(30-37)41-19-9-11-21-46(41)53-48)39-29-34-24-23-33-13-7-8-18-40(33)50(34)45(32-39)52(36-16-5-2-6-17-36)38-26-28-49-44(31-38)42-20-10-12-22-47(42)54-49/h1-32H. The van der Waals surface area contributed by atoms with Crippen molar-refractivity contribution in [2.24, 2.45) is 0 Å². The van der Waals surface area contributed by atoms with E-state index in [1.165, 1.54) is 16.2 Å². The second kappa shape index (κ2) is 12.1. The Morgan fingerprint density at radius 2 is 0.759 bits per heavy atom. The SMILES string of the molecule is c1ccc(N(c2cc(N(c3ccccc3)c3ccc4oc5ccccc5c4c3)c3c(ccc4ccccc43)c2)c2ccc3oc4ccccc4c3c2)cc1. The maximum absolute atomic E-state index is 6.29. The highest BCUT2D eigenvalue weighted by molar-refractivity contribution is 6.17. The van der Waals surface area contributed by atoms with E-state index < -0.39 is 0 Å². The van der Waals surface area contributed by atoms with Crippen LogP contribution in [0, 0.1) is 0 Å². The first kappa shape index (κ1) is 30.3. The Kier molecular flexibility index (Phi) is 6.82. The van der Waals surface area contributed by atoms with Gasteiger partial charge in [-0.2, -0.15) is 0 Å². The van der Waals surface area contributed by atoms with E-state index in [9.17, 15) is 0 Å². The molecule has 254 valence electrons. The summed E-state index contributed by atoms with van der Waals surface area (Å²) in [6.07, 6.45) is 0. The van der Waals surface area contributed by atoms with Gasteiger partial charge in [0.05, 0.1) is 5.69 Å². The first-order valence-electron chi connectivity index (χ1n) is 18.3.